The molecule has 1 aliphatic rings. The summed E-state index contributed by atoms with van der Waals surface area (Å²) in [5, 5.41) is 11.8. The lowest BCUT2D eigenvalue weighted by atomic mass is 10.2. The van der Waals surface area contributed by atoms with Gasteiger partial charge in [-0.1, -0.05) is 24.0 Å². The number of phenols is 1. The molecule has 2 heterocycles. The molecule has 6 heteroatoms. The van der Waals surface area contributed by atoms with Crippen LogP contribution < -0.4 is 5.32 Å². The quantitative estimate of drug-likeness (QED) is 0.659. The minimum Gasteiger partial charge on any atom is -0.508 e. The van der Waals surface area contributed by atoms with Crippen molar-refractivity contribution in [1.29, 1.82) is 0 Å². The van der Waals surface area contributed by atoms with Crippen molar-refractivity contribution in [3.8, 4) is 17.1 Å². The van der Waals surface area contributed by atoms with Crippen molar-refractivity contribution in [2.75, 3.05) is 0 Å². The van der Waals surface area contributed by atoms with E-state index in [0.717, 1.165) is 5.56 Å². The van der Waals surface area contributed by atoms with E-state index in [-0.39, 0.29) is 11.7 Å². The van der Waals surface area contributed by atoms with E-state index in [1.807, 2.05) is 6.07 Å². The van der Waals surface area contributed by atoms with Gasteiger partial charge in [0.05, 0.1) is 4.91 Å². The number of thiocarbonyl (C=S) groups is 1. The number of benzene rings is 1. The smallest absolute Gasteiger partial charge is 0.263 e. The van der Waals surface area contributed by atoms with Crippen LogP contribution in [-0.4, -0.2) is 15.3 Å². The Balaban J connectivity index is 1.87. The highest BCUT2D eigenvalue weighted by Gasteiger charge is 2.22. The number of thioether (sulfide) groups is 1. The predicted octanol–water partition coefficient (Wildman–Crippen LogP) is 3.14. The zero-order valence-corrected chi connectivity index (χ0v) is 11.8. The van der Waals surface area contributed by atoms with Gasteiger partial charge < -0.3 is 14.8 Å². The predicted molar refractivity (Wildman–Crippen MR) is 82.1 cm³/mol. The van der Waals surface area contributed by atoms with Gasteiger partial charge in [-0.15, -0.1) is 0 Å². The van der Waals surface area contributed by atoms with Gasteiger partial charge in [0.1, 0.15) is 21.6 Å². The van der Waals surface area contributed by atoms with E-state index < -0.39 is 0 Å². The molecule has 0 saturated carbocycles. The molecule has 1 amide bonds. The van der Waals surface area contributed by atoms with Gasteiger partial charge in [0.25, 0.3) is 5.91 Å². The summed E-state index contributed by atoms with van der Waals surface area (Å²) in [7, 11) is 0. The second-order valence-corrected chi connectivity index (χ2v) is 5.82. The summed E-state index contributed by atoms with van der Waals surface area (Å²) in [6.07, 6.45) is 1.66. The Hall–Kier alpha value is -2.05. The monoisotopic (exact) mass is 303 g/mol. The standard InChI is InChI=1S/C14H9NO3S2/c16-9-3-1-8(2-4-9)11-6-5-10(18-11)7-12-13(17)15-14(19)20-12/h1-7,16H,(H,15,17,19)/b12-7-. The zero-order valence-electron chi connectivity index (χ0n) is 10.1. The van der Waals surface area contributed by atoms with Crippen LogP contribution in [0.2, 0.25) is 0 Å². The topological polar surface area (TPSA) is 62.5 Å². The normalized spacial score (nSPS) is 16.7. The minimum atomic E-state index is -0.206. The molecule has 1 aliphatic heterocycles. The fraction of sp³-hybridized carbons (Fsp3) is 0. The van der Waals surface area contributed by atoms with Gasteiger partial charge >= 0.3 is 0 Å². The number of furan rings is 1. The van der Waals surface area contributed by atoms with Crippen molar-refractivity contribution in [1.82, 2.24) is 5.32 Å². The summed E-state index contributed by atoms with van der Waals surface area (Å²) < 4.78 is 6.11. The van der Waals surface area contributed by atoms with Crippen LogP contribution in [0, 0.1) is 0 Å². The van der Waals surface area contributed by atoms with Gasteiger partial charge in [-0.3, -0.25) is 4.79 Å². The van der Waals surface area contributed by atoms with Gasteiger partial charge in [-0.05, 0) is 36.4 Å². The zero-order chi connectivity index (χ0) is 14.1. The van der Waals surface area contributed by atoms with E-state index in [1.54, 1.807) is 36.4 Å². The highest BCUT2D eigenvalue weighted by molar-refractivity contribution is 8.26. The molecule has 1 fully saturated rings. The van der Waals surface area contributed by atoms with E-state index in [2.05, 4.69) is 5.32 Å². The molecule has 0 atom stereocenters. The highest BCUT2D eigenvalue weighted by atomic mass is 32.2. The number of carbonyl (C=O) groups excluding carboxylic acids is 1. The maximum atomic E-state index is 11.5. The van der Waals surface area contributed by atoms with E-state index in [0.29, 0.717) is 20.7 Å². The molecular weight excluding hydrogens is 294 g/mol. The molecule has 2 N–H and O–H groups in total. The maximum Gasteiger partial charge on any atom is 0.263 e. The SMILES string of the molecule is O=C1NC(=S)S/C1=C\c1ccc(-c2ccc(O)cc2)o1. The number of rotatable bonds is 2. The third-order valence-electron chi connectivity index (χ3n) is 2.69. The van der Waals surface area contributed by atoms with E-state index in [4.69, 9.17) is 16.6 Å². The lowest BCUT2D eigenvalue weighted by Crippen LogP contribution is -2.17. The Kier molecular flexibility index (Phi) is 3.33. The van der Waals surface area contributed by atoms with E-state index in [9.17, 15) is 9.90 Å². The fourth-order valence-corrected chi connectivity index (χ4v) is 2.79. The molecule has 1 aromatic carbocycles. The maximum absolute atomic E-state index is 11.5. The molecule has 0 bridgehead atoms. The molecule has 1 saturated heterocycles. The second kappa shape index (κ2) is 5.15. The molecule has 2 aromatic rings. The molecule has 100 valence electrons. The summed E-state index contributed by atoms with van der Waals surface area (Å²) >= 11 is 6.13. The Labute approximate surface area is 124 Å². The average molecular weight is 303 g/mol. The van der Waals surface area contributed by atoms with Crippen LogP contribution in [-0.2, 0) is 4.79 Å². The molecular formula is C14H9NO3S2. The first kappa shape index (κ1) is 13.0. The van der Waals surface area contributed by atoms with Gasteiger partial charge in [0.2, 0.25) is 0 Å². The summed E-state index contributed by atoms with van der Waals surface area (Å²) in [5.74, 6) is 1.25. The van der Waals surface area contributed by atoms with Crippen LogP contribution in [0.25, 0.3) is 17.4 Å². The highest BCUT2D eigenvalue weighted by Crippen LogP contribution is 2.29. The number of hydrogen-bond acceptors (Lipinski definition) is 5. The summed E-state index contributed by atoms with van der Waals surface area (Å²) in [6, 6.07) is 10.3. The number of phenolic OH excluding ortho intramolecular Hbond substituents is 1. The Bertz CT molecular complexity index is 716. The van der Waals surface area contributed by atoms with Crippen LogP contribution in [0.15, 0.2) is 45.7 Å². The second-order valence-electron chi connectivity index (χ2n) is 4.10. The number of amides is 1. The summed E-state index contributed by atoms with van der Waals surface area (Å²) in [6.45, 7) is 0. The molecule has 20 heavy (non-hydrogen) atoms. The third kappa shape index (κ3) is 2.61. The number of carbonyl (C=O) groups is 1. The summed E-state index contributed by atoms with van der Waals surface area (Å²) in [4.78, 5) is 12.1. The molecule has 0 unspecified atom stereocenters. The molecule has 0 radical (unpaired) electrons. The van der Waals surface area contributed by atoms with Gasteiger partial charge in [-0.2, -0.15) is 0 Å². The number of nitrogens with one attached hydrogen (secondary N) is 1. The number of aromatic hydroxyl groups is 1. The lowest BCUT2D eigenvalue weighted by Gasteiger charge is -1.97. The Morgan fingerprint density at radius 2 is 1.95 bits per heavy atom. The lowest BCUT2D eigenvalue weighted by molar-refractivity contribution is -0.115. The van der Waals surface area contributed by atoms with Crippen molar-refractivity contribution >= 4 is 40.3 Å². The van der Waals surface area contributed by atoms with E-state index in [1.165, 1.54) is 11.8 Å². The Morgan fingerprint density at radius 3 is 2.60 bits per heavy atom. The molecule has 0 aliphatic carbocycles. The number of hydrogen-bond donors (Lipinski definition) is 2. The van der Waals surface area contributed by atoms with Crippen LogP contribution in [0.3, 0.4) is 0 Å². The van der Waals surface area contributed by atoms with Crippen molar-refractivity contribution < 1.29 is 14.3 Å². The Morgan fingerprint density at radius 1 is 1.20 bits per heavy atom. The minimum absolute atomic E-state index is 0.204. The van der Waals surface area contributed by atoms with Gasteiger partial charge in [0, 0.05) is 11.6 Å². The summed E-state index contributed by atoms with van der Waals surface area (Å²) in [5.41, 5.74) is 0.853. The first-order chi connectivity index (χ1) is 9.61. The molecule has 4 nitrogen and oxygen atoms in total. The fourth-order valence-electron chi connectivity index (χ4n) is 1.76. The molecule has 0 spiro atoms. The largest absolute Gasteiger partial charge is 0.508 e. The van der Waals surface area contributed by atoms with Crippen LogP contribution in [0.4, 0.5) is 0 Å². The van der Waals surface area contributed by atoms with Gasteiger partial charge in [-0.25, -0.2) is 0 Å². The van der Waals surface area contributed by atoms with Crippen LogP contribution >= 0.6 is 24.0 Å². The van der Waals surface area contributed by atoms with Gasteiger partial charge in [0.15, 0.2) is 0 Å². The van der Waals surface area contributed by atoms with Crippen LogP contribution in [0.5, 0.6) is 5.75 Å². The average Bonchev–Trinajstić information content (AvgIpc) is 2.98. The molecule has 3 rings (SSSR count). The van der Waals surface area contributed by atoms with E-state index >= 15 is 0 Å². The first-order valence-corrected chi connectivity index (χ1v) is 6.98. The van der Waals surface area contributed by atoms with Crippen molar-refractivity contribution in [2.45, 2.75) is 0 Å². The van der Waals surface area contributed by atoms with Crippen LogP contribution in [0.1, 0.15) is 5.76 Å². The van der Waals surface area contributed by atoms with Crippen molar-refractivity contribution in [3.05, 3.63) is 47.1 Å². The van der Waals surface area contributed by atoms with Crippen molar-refractivity contribution in [3.63, 3.8) is 0 Å². The third-order valence-corrected chi connectivity index (χ3v) is 3.86. The first-order valence-electron chi connectivity index (χ1n) is 5.76. The van der Waals surface area contributed by atoms with Crippen molar-refractivity contribution in [2.24, 2.45) is 0 Å². The molecule has 1 aromatic heterocycles.